The summed E-state index contributed by atoms with van der Waals surface area (Å²) in [5.41, 5.74) is 5.04. The molecular weight excluding hydrogens is 276 g/mol. The monoisotopic (exact) mass is 298 g/mol. The molecule has 3 rings (SSSR count). The molecule has 1 amide bonds. The van der Waals surface area contributed by atoms with E-state index in [0.29, 0.717) is 12.8 Å². The van der Waals surface area contributed by atoms with E-state index in [-0.39, 0.29) is 11.7 Å². The lowest BCUT2D eigenvalue weighted by atomic mass is 10.1. The zero-order valence-corrected chi connectivity index (χ0v) is 13.2. The van der Waals surface area contributed by atoms with Crippen LogP contribution in [0.4, 0.5) is 0 Å². The van der Waals surface area contributed by atoms with Gasteiger partial charge in [0.1, 0.15) is 5.78 Å². The van der Waals surface area contributed by atoms with E-state index < -0.39 is 0 Å². The minimum absolute atomic E-state index is 0.0786. The third-order valence-corrected chi connectivity index (χ3v) is 4.46. The highest BCUT2D eigenvalue weighted by atomic mass is 16.2. The van der Waals surface area contributed by atoms with Gasteiger partial charge in [0.2, 0.25) is 5.91 Å². The number of rotatable bonds is 3. The average Bonchev–Trinajstić information content (AvgIpc) is 2.68. The van der Waals surface area contributed by atoms with Crippen LogP contribution in [0.3, 0.4) is 0 Å². The molecule has 2 heterocycles. The Balaban J connectivity index is 1.77. The number of Topliss-reactive ketones (excluding diaryl/α,β-unsaturated/α-hetero) is 1. The van der Waals surface area contributed by atoms with E-state index >= 15 is 0 Å². The predicted molar refractivity (Wildman–Crippen MR) is 86.9 cm³/mol. The number of hydrogen-bond acceptors (Lipinski definition) is 2. The number of nitrogens with one attached hydrogen (secondary N) is 1. The van der Waals surface area contributed by atoms with Crippen LogP contribution in [0.5, 0.6) is 0 Å². The van der Waals surface area contributed by atoms with E-state index in [0.717, 1.165) is 25.9 Å². The first-order chi connectivity index (χ1) is 10.5. The van der Waals surface area contributed by atoms with Gasteiger partial charge >= 0.3 is 0 Å². The average molecular weight is 298 g/mol. The van der Waals surface area contributed by atoms with Crippen molar-refractivity contribution >= 4 is 22.6 Å². The van der Waals surface area contributed by atoms with Crippen molar-refractivity contribution in [3.63, 3.8) is 0 Å². The van der Waals surface area contributed by atoms with Crippen LogP contribution in [-0.4, -0.2) is 34.7 Å². The topological polar surface area (TPSA) is 53.2 Å². The maximum atomic E-state index is 12.2. The maximum Gasteiger partial charge on any atom is 0.223 e. The molecule has 22 heavy (non-hydrogen) atoms. The fourth-order valence-corrected chi connectivity index (χ4v) is 3.21. The minimum atomic E-state index is 0.0786. The molecule has 0 unspecified atom stereocenters. The Hall–Kier alpha value is -2.10. The van der Waals surface area contributed by atoms with Crippen molar-refractivity contribution in [2.24, 2.45) is 0 Å². The van der Waals surface area contributed by atoms with Crippen LogP contribution in [0.15, 0.2) is 18.2 Å². The van der Waals surface area contributed by atoms with E-state index in [2.05, 4.69) is 30.1 Å². The maximum absolute atomic E-state index is 12.2. The van der Waals surface area contributed by atoms with Gasteiger partial charge in [-0.3, -0.25) is 4.79 Å². The zero-order valence-electron chi connectivity index (χ0n) is 13.2. The van der Waals surface area contributed by atoms with Crippen molar-refractivity contribution < 1.29 is 9.59 Å². The lowest BCUT2D eigenvalue weighted by molar-refractivity contribution is -0.132. The van der Waals surface area contributed by atoms with Gasteiger partial charge in [-0.15, -0.1) is 0 Å². The Bertz CT molecular complexity index is 730. The highest BCUT2D eigenvalue weighted by Gasteiger charge is 2.21. The molecular formula is C18H22N2O2. The fraction of sp³-hybridized carbons (Fsp3) is 0.444. The molecule has 4 heteroatoms. The minimum Gasteiger partial charge on any atom is -0.358 e. The number of benzene rings is 1. The second-order valence-electron chi connectivity index (χ2n) is 6.21. The number of aryl methyl sites for hydroxylation is 1. The van der Waals surface area contributed by atoms with Gasteiger partial charge in [-0.1, -0.05) is 11.6 Å². The predicted octanol–water partition coefficient (Wildman–Crippen LogP) is 2.77. The second kappa shape index (κ2) is 5.95. The molecule has 0 spiro atoms. The Morgan fingerprint density at radius 3 is 2.73 bits per heavy atom. The van der Waals surface area contributed by atoms with Gasteiger partial charge in [-0.05, 0) is 38.0 Å². The van der Waals surface area contributed by atoms with Crippen LogP contribution >= 0.6 is 0 Å². The molecule has 0 radical (unpaired) electrons. The zero-order chi connectivity index (χ0) is 15.7. The van der Waals surface area contributed by atoms with E-state index in [4.69, 9.17) is 0 Å². The van der Waals surface area contributed by atoms with Crippen molar-refractivity contribution in [1.82, 2.24) is 9.88 Å². The van der Waals surface area contributed by atoms with Crippen molar-refractivity contribution in [2.75, 3.05) is 13.1 Å². The number of hydrogen-bond donors (Lipinski definition) is 1. The number of aromatic amines is 1. The molecule has 1 aliphatic rings. The molecule has 1 aliphatic heterocycles. The Kier molecular flexibility index (Phi) is 4.01. The normalized spacial score (nSPS) is 14.7. The van der Waals surface area contributed by atoms with Crippen LogP contribution in [0.1, 0.15) is 36.6 Å². The summed E-state index contributed by atoms with van der Waals surface area (Å²) in [6, 6.07) is 6.47. The summed E-state index contributed by atoms with van der Waals surface area (Å²) >= 11 is 0. The van der Waals surface area contributed by atoms with Crippen LogP contribution < -0.4 is 0 Å². The quantitative estimate of drug-likeness (QED) is 0.947. The number of H-pyrrole nitrogens is 1. The van der Waals surface area contributed by atoms with Gasteiger partial charge in [0.15, 0.2) is 0 Å². The summed E-state index contributed by atoms with van der Waals surface area (Å²) < 4.78 is 0. The molecule has 116 valence electrons. The first kappa shape index (κ1) is 14.8. The number of carbonyl (C=O) groups excluding carboxylic acids is 2. The van der Waals surface area contributed by atoms with E-state index in [1.54, 1.807) is 0 Å². The molecule has 1 aromatic heterocycles. The molecule has 1 aromatic carbocycles. The third kappa shape index (κ3) is 2.91. The smallest absolute Gasteiger partial charge is 0.223 e. The molecule has 0 bridgehead atoms. The van der Waals surface area contributed by atoms with Crippen LogP contribution in [0, 0.1) is 6.92 Å². The number of ketones is 1. The molecule has 4 nitrogen and oxygen atoms in total. The van der Waals surface area contributed by atoms with Gasteiger partial charge < -0.3 is 14.7 Å². The van der Waals surface area contributed by atoms with Gasteiger partial charge in [0.25, 0.3) is 0 Å². The van der Waals surface area contributed by atoms with Crippen LogP contribution in [-0.2, 0) is 22.4 Å². The number of fused-ring (bicyclic) bond motifs is 3. The largest absolute Gasteiger partial charge is 0.358 e. The highest BCUT2D eigenvalue weighted by Crippen LogP contribution is 2.26. The van der Waals surface area contributed by atoms with E-state index in [9.17, 15) is 9.59 Å². The molecule has 0 fully saturated rings. The molecule has 0 aliphatic carbocycles. The number of amides is 1. The third-order valence-electron chi connectivity index (χ3n) is 4.46. The summed E-state index contributed by atoms with van der Waals surface area (Å²) in [6.07, 6.45) is 2.42. The summed E-state index contributed by atoms with van der Waals surface area (Å²) in [6.45, 7) is 5.11. The van der Waals surface area contributed by atoms with Gasteiger partial charge in [0, 0.05) is 48.9 Å². The molecule has 2 aromatic rings. The lowest BCUT2D eigenvalue weighted by Crippen LogP contribution is -2.33. The van der Waals surface area contributed by atoms with Crippen molar-refractivity contribution in [3.8, 4) is 0 Å². The van der Waals surface area contributed by atoms with Crippen LogP contribution in [0.25, 0.3) is 10.9 Å². The highest BCUT2D eigenvalue weighted by molar-refractivity contribution is 5.86. The Morgan fingerprint density at radius 1 is 1.18 bits per heavy atom. The SMILES string of the molecule is CC(=O)CCC(=O)N1CCc2[nH]c3ccc(C)cc3c2CC1. The molecule has 0 atom stereocenters. The number of aromatic nitrogens is 1. The number of carbonyl (C=O) groups is 2. The molecule has 1 N–H and O–H groups in total. The van der Waals surface area contributed by atoms with Crippen molar-refractivity contribution in [3.05, 3.63) is 35.0 Å². The second-order valence-corrected chi connectivity index (χ2v) is 6.21. The molecule has 0 saturated heterocycles. The van der Waals surface area contributed by atoms with Gasteiger partial charge in [-0.2, -0.15) is 0 Å². The summed E-state index contributed by atoms with van der Waals surface area (Å²) in [7, 11) is 0. The number of nitrogens with zero attached hydrogens (tertiary/aromatic N) is 1. The molecule has 0 saturated carbocycles. The summed E-state index contributed by atoms with van der Waals surface area (Å²) in [5, 5.41) is 1.29. The van der Waals surface area contributed by atoms with Gasteiger partial charge in [0.05, 0.1) is 0 Å². The van der Waals surface area contributed by atoms with Crippen molar-refractivity contribution in [1.29, 1.82) is 0 Å². The summed E-state index contributed by atoms with van der Waals surface area (Å²) in [5.74, 6) is 0.177. The van der Waals surface area contributed by atoms with E-state index in [1.165, 1.54) is 34.6 Å². The first-order valence-electron chi connectivity index (χ1n) is 7.92. The summed E-state index contributed by atoms with van der Waals surface area (Å²) in [4.78, 5) is 28.7. The van der Waals surface area contributed by atoms with Crippen molar-refractivity contribution in [2.45, 2.75) is 39.5 Å². The Labute approximate surface area is 130 Å². The van der Waals surface area contributed by atoms with Crippen LogP contribution in [0.2, 0.25) is 0 Å². The lowest BCUT2D eigenvalue weighted by Gasteiger charge is -2.20. The first-order valence-corrected chi connectivity index (χ1v) is 7.92. The Morgan fingerprint density at radius 2 is 1.95 bits per heavy atom. The fourth-order valence-electron chi connectivity index (χ4n) is 3.21. The standard InChI is InChI=1S/C18H22N2O2/c1-12-3-5-16-15(11-12)14-7-9-20(10-8-17(14)19-16)18(22)6-4-13(2)21/h3,5,11,19H,4,6-10H2,1-2H3. The van der Waals surface area contributed by atoms with Gasteiger partial charge in [-0.25, -0.2) is 0 Å². The van der Waals surface area contributed by atoms with E-state index in [1.807, 2.05) is 4.90 Å².